The number of hydrogen-bond acceptors (Lipinski definition) is 6. The Morgan fingerprint density at radius 3 is 2.31 bits per heavy atom. The molecule has 0 saturated carbocycles. The number of aromatic nitrogens is 1. The van der Waals surface area contributed by atoms with Crippen molar-refractivity contribution >= 4 is 11.9 Å². The second-order valence-corrected chi connectivity index (χ2v) is 7.32. The molecular weight excluding hydrogens is 368 g/mol. The summed E-state index contributed by atoms with van der Waals surface area (Å²) in [6.45, 7) is 6.19. The second kappa shape index (κ2) is 11.4. The van der Waals surface area contributed by atoms with Crippen LogP contribution < -0.4 is 5.32 Å². The minimum Gasteiger partial charge on any atom is -0.466 e. The van der Waals surface area contributed by atoms with Crippen LogP contribution in [0.25, 0.3) is 0 Å². The molecule has 0 fully saturated rings. The first-order chi connectivity index (χ1) is 14.0. The summed E-state index contributed by atoms with van der Waals surface area (Å²) in [6, 6.07) is 3.64. The topological polar surface area (TPSA) is 77.5 Å². The molecule has 1 aromatic rings. The lowest BCUT2D eigenvalue weighted by Gasteiger charge is -2.30. The van der Waals surface area contributed by atoms with Crippen LogP contribution in [0, 0.1) is 0 Å². The fraction of sp³-hybridized carbons (Fsp3) is 0.522. The van der Waals surface area contributed by atoms with E-state index in [-0.39, 0.29) is 0 Å². The maximum atomic E-state index is 13.0. The van der Waals surface area contributed by atoms with E-state index in [4.69, 9.17) is 9.47 Å². The van der Waals surface area contributed by atoms with Crippen molar-refractivity contribution in [3.8, 4) is 0 Å². The maximum Gasteiger partial charge on any atom is 0.336 e. The largest absolute Gasteiger partial charge is 0.466 e. The predicted molar refractivity (Wildman–Crippen MR) is 112 cm³/mol. The number of allylic oxidation sites excluding steroid dienone is 2. The molecule has 158 valence electrons. The molecule has 1 aliphatic heterocycles. The Kier molecular flexibility index (Phi) is 8.90. The molecule has 2 rings (SSSR count). The van der Waals surface area contributed by atoms with Gasteiger partial charge < -0.3 is 14.8 Å². The fourth-order valence-electron chi connectivity index (χ4n) is 3.65. The van der Waals surface area contributed by atoms with E-state index in [0.717, 1.165) is 24.8 Å². The van der Waals surface area contributed by atoms with Gasteiger partial charge in [0.1, 0.15) is 0 Å². The molecule has 1 N–H and O–H groups in total. The van der Waals surface area contributed by atoms with Gasteiger partial charge in [0.05, 0.1) is 30.8 Å². The van der Waals surface area contributed by atoms with E-state index in [1.807, 2.05) is 13.0 Å². The fourth-order valence-corrected chi connectivity index (χ4v) is 3.65. The van der Waals surface area contributed by atoms with E-state index in [0.29, 0.717) is 29.1 Å². The molecule has 0 saturated heterocycles. The van der Waals surface area contributed by atoms with Crippen LogP contribution in [0.5, 0.6) is 0 Å². The first-order valence-corrected chi connectivity index (χ1v) is 10.3. The van der Waals surface area contributed by atoms with Crippen molar-refractivity contribution in [3.05, 3.63) is 52.6 Å². The van der Waals surface area contributed by atoms with E-state index in [2.05, 4.69) is 17.2 Å². The molecule has 1 aliphatic rings. The number of hydrogen-bond donors (Lipinski definition) is 1. The Labute approximate surface area is 173 Å². The molecule has 1 atom stereocenters. The van der Waals surface area contributed by atoms with E-state index in [9.17, 15) is 9.59 Å². The molecule has 0 bridgehead atoms. The highest BCUT2D eigenvalue weighted by atomic mass is 16.5. The number of dihydropyridines is 1. The van der Waals surface area contributed by atoms with Gasteiger partial charge in [0.2, 0.25) is 0 Å². The molecule has 6 heteroatoms. The average Bonchev–Trinajstić information content (AvgIpc) is 2.72. The van der Waals surface area contributed by atoms with E-state index < -0.39 is 17.9 Å². The monoisotopic (exact) mass is 400 g/mol. The Balaban J connectivity index is 2.18. The SMILES string of the molecule is CCCCCCCCOC(=O)C1=C(C)NC(C)=C(C(=O)OC)C1c1cccnc1. The molecule has 0 aliphatic carbocycles. The van der Waals surface area contributed by atoms with Gasteiger partial charge in [0.15, 0.2) is 0 Å². The summed E-state index contributed by atoms with van der Waals surface area (Å²) in [5.41, 5.74) is 2.92. The summed E-state index contributed by atoms with van der Waals surface area (Å²) in [7, 11) is 1.34. The molecule has 0 spiro atoms. The van der Waals surface area contributed by atoms with Gasteiger partial charge in [-0.25, -0.2) is 9.59 Å². The van der Waals surface area contributed by atoms with Crippen molar-refractivity contribution in [2.75, 3.05) is 13.7 Å². The van der Waals surface area contributed by atoms with Gasteiger partial charge in [-0.15, -0.1) is 0 Å². The van der Waals surface area contributed by atoms with Gasteiger partial charge in [-0.1, -0.05) is 45.1 Å². The predicted octanol–water partition coefficient (Wildman–Crippen LogP) is 4.39. The number of carbonyl (C=O) groups excluding carboxylic acids is 2. The highest BCUT2D eigenvalue weighted by Gasteiger charge is 2.37. The first kappa shape index (κ1) is 22.7. The molecule has 0 aromatic carbocycles. The summed E-state index contributed by atoms with van der Waals surface area (Å²) in [6.07, 6.45) is 10.0. The third-order valence-electron chi connectivity index (χ3n) is 5.13. The van der Waals surface area contributed by atoms with Crippen molar-refractivity contribution in [3.63, 3.8) is 0 Å². The molecule has 1 unspecified atom stereocenters. The molecule has 29 heavy (non-hydrogen) atoms. The summed E-state index contributed by atoms with van der Waals surface area (Å²) < 4.78 is 10.6. The minimum atomic E-state index is -0.575. The zero-order valence-corrected chi connectivity index (χ0v) is 17.9. The molecule has 2 heterocycles. The Morgan fingerprint density at radius 1 is 1.03 bits per heavy atom. The van der Waals surface area contributed by atoms with Crippen LogP contribution >= 0.6 is 0 Å². The first-order valence-electron chi connectivity index (χ1n) is 10.3. The van der Waals surface area contributed by atoms with Crippen molar-refractivity contribution in [2.24, 2.45) is 0 Å². The average molecular weight is 401 g/mol. The van der Waals surface area contributed by atoms with E-state index in [1.165, 1.54) is 26.4 Å². The smallest absolute Gasteiger partial charge is 0.336 e. The van der Waals surface area contributed by atoms with Gasteiger partial charge in [0, 0.05) is 23.8 Å². The number of ether oxygens (including phenoxy) is 2. The van der Waals surface area contributed by atoms with Crippen LogP contribution in [0.3, 0.4) is 0 Å². The van der Waals surface area contributed by atoms with Crippen LogP contribution in [0.15, 0.2) is 47.1 Å². The van der Waals surface area contributed by atoms with Crippen LogP contribution in [0.2, 0.25) is 0 Å². The number of esters is 2. The Morgan fingerprint density at radius 2 is 1.69 bits per heavy atom. The van der Waals surface area contributed by atoms with Gasteiger partial charge in [-0.3, -0.25) is 4.98 Å². The standard InChI is InChI=1S/C23H32N2O4/c1-5-6-7-8-9-10-14-29-23(27)20-17(3)25-16(2)19(22(26)28-4)21(20)18-12-11-13-24-15-18/h11-13,15,21,25H,5-10,14H2,1-4H3. The molecule has 0 amide bonds. The third-order valence-corrected chi connectivity index (χ3v) is 5.13. The number of nitrogens with one attached hydrogen (secondary N) is 1. The van der Waals surface area contributed by atoms with Gasteiger partial charge in [0.25, 0.3) is 0 Å². The quantitative estimate of drug-likeness (QED) is 0.463. The lowest BCUT2D eigenvalue weighted by molar-refractivity contribution is -0.139. The van der Waals surface area contributed by atoms with Crippen LogP contribution in [-0.4, -0.2) is 30.6 Å². The maximum absolute atomic E-state index is 13.0. The highest BCUT2D eigenvalue weighted by molar-refractivity contribution is 5.99. The van der Waals surface area contributed by atoms with Crippen LogP contribution in [0.1, 0.15) is 70.8 Å². The molecular formula is C23H32N2O4. The van der Waals surface area contributed by atoms with Crippen LogP contribution in [0.4, 0.5) is 0 Å². The van der Waals surface area contributed by atoms with Crippen LogP contribution in [-0.2, 0) is 19.1 Å². The van der Waals surface area contributed by atoms with Gasteiger partial charge in [-0.05, 0) is 31.9 Å². The Hall–Kier alpha value is -2.63. The zero-order chi connectivity index (χ0) is 21.2. The number of carbonyl (C=O) groups is 2. The summed E-state index contributed by atoms with van der Waals surface area (Å²) >= 11 is 0. The van der Waals surface area contributed by atoms with Crippen molar-refractivity contribution in [2.45, 2.75) is 65.2 Å². The number of rotatable bonds is 10. The summed E-state index contributed by atoms with van der Waals surface area (Å²) in [5, 5.41) is 3.14. The molecule has 0 radical (unpaired) electrons. The lowest BCUT2D eigenvalue weighted by atomic mass is 9.81. The minimum absolute atomic E-state index is 0.373. The number of methoxy groups -OCH3 is 1. The van der Waals surface area contributed by atoms with Crippen molar-refractivity contribution in [1.82, 2.24) is 10.3 Å². The lowest BCUT2D eigenvalue weighted by Crippen LogP contribution is -2.32. The van der Waals surface area contributed by atoms with Crippen molar-refractivity contribution < 1.29 is 19.1 Å². The third kappa shape index (κ3) is 5.92. The number of pyridine rings is 1. The number of nitrogens with zero attached hydrogens (tertiary/aromatic N) is 1. The van der Waals surface area contributed by atoms with Crippen molar-refractivity contribution in [1.29, 1.82) is 0 Å². The second-order valence-electron chi connectivity index (χ2n) is 7.32. The molecule has 1 aromatic heterocycles. The molecule has 6 nitrogen and oxygen atoms in total. The highest BCUT2D eigenvalue weighted by Crippen LogP contribution is 2.38. The zero-order valence-electron chi connectivity index (χ0n) is 17.9. The summed E-state index contributed by atoms with van der Waals surface area (Å²) in [5.74, 6) is -1.46. The van der Waals surface area contributed by atoms with E-state index >= 15 is 0 Å². The summed E-state index contributed by atoms with van der Waals surface area (Å²) in [4.78, 5) is 29.6. The van der Waals surface area contributed by atoms with Gasteiger partial charge >= 0.3 is 11.9 Å². The Bertz CT molecular complexity index is 768. The van der Waals surface area contributed by atoms with Gasteiger partial charge in [-0.2, -0.15) is 0 Å². The normalized spacial score (nSPS) is 16.5. The number of unbranched alkanes of at least 4 members (excludes halogenated alkanes) is 5. The van der Waals surface area contributed by atoms with E-state index in [1.54, 1.807) is 25.4 Å².